The van der Waals surface area contributed by atoms with Crippen LogP contribution in [0.5, 0.6) is 0 Å². The van der Waals surface area contributed by atoms with Gasteiger partial charge in [-0.05, 0) is 19.3 Å². The van der Waals surface area contributed by atoms with Gasteiger partial charge in [0.25, 0.3) is 0 Å². The molecule has 1 fully saturated rings. The van der Waals surface area contributed by atoms with Crippen molar-refractivity contribution in [2.75, 3.05) is 53.0 Å². The van der Waals surface area contributed by atoms with Crippen molar-refractivity contribution in [1.82, 2.24) is 15.5 Å². The molecule has 154 valence electrons. The molecule has 1 aliphatic heterocycles. The number of guanidine groups is 1. The molecule has 0 spiro atoms. The first-order valence-corrected chi connectivity index (χ1v) is 9.39. The average Bonchev–Trinajstić information content (AvgIpc) is 2.62. The van der Waals surface area contributed by atoms with Crippen LogP contribution < -0.4 is 10.6 Å². The zero-order chi connectivity index (χ0) is 18.7. The maximum Gasteiger partial charge on any atom is 0.310 e. The van der Waals surface area contributed by atoms with E-state index >= 15 is 0 Å². The maximum atomic E-state index is 11.5. The maximum absolute atomic E-state index is 11.5. The van der Waals surface area contributed by atoms with Crippen molar-refractivity contribution in [3.63, 3.8) is 0 Å². The minimum absolute atomic E-state index is 0. The lowest BCUT2D eigenvalue weighted by Crippen LogP contribution is -2.46. The van der Waals surface area contributed by atoms with Gasteiger partial charge in [0.1, 0.15) is 0 Å². The van der Waals surface area contributed by atoms with Crippen LogP contribution in [-0.2, 0) is 14.3 Å². The van der Waals surface area contributed by atoms with Crippen LogP contribution in [0.15, 0.2) is 4.99 Å². The fourth-order valence-electron chi connectivity index (χ4n) is 2.90. The summed E-state index contributed by atoms with van der Waals surface area (Å²) in [4.78, 5) is 18.8. The normalized spacial score (nSPS) is 18.0. The van der Waals surface area contributed by atoms with E-state index in [1.165, 1.54) is 7.11 Å². The minimum atomic E-state index is -0.214. The highest BCUT2D eigenvalue weighted by molar-refractivity contribution is 14.0. The van der Waals surface area contributed by atoms with E-state index in [1.807, 2.05) is 13.8 Å². The van der Waals surface area contributed by atoms with Crippen LogP contribution in [0, 0.1) is 11.8 Å². The molecule has 7 nitrogen and oxygen atoms in total. The smallest absolute Gasteiger partial charge is 0.310 e. The number of hydrogen-bond acceptors (Lipinski definition) is 5. The number of carbonyl (C=O) groups is 1. The van der Waals surface area contributed by atoms with E-state index in [-0.39, 0.29) is 35.9 Å². The molecule has 0 bridgehead atoms. The number of rotatable bonds is 9. The molecule has 0 aromatic rings. The summed E-state index contributed by atoms with van der Waals surface area (Å²) >= 11 is 0. The highest BCUT2D eigenvalue weighted by Crippen LogP contribution is 2.14. The fourth-order valence-corrected chi connectivity index (χ4v) is 2.90. The van der Waals surface area contributed by atoms with Crippen LogP contribution in [0.25, 0.3) is 0 Å². The molecule has 0 aliphatic carbocycles. The summed E-state index contributed by atoms with van der Waals surface area (Å²) in [5.41, 5.74) is 0. The Morgan fingerprint density at radius 3 is 2.42 bits per heavy atom. The molecule has 2 unspecified atom stereocenters. The van der Waals surface area contributed by atoms with Gasteiger partial charge in [0.15, 0.2) is 5.96 Å². The number of carbonyl (C=O) groups excluding carboxylic acids is 1. The third-order valence-electron chi connectivity index (χ3n) is 4.29. The second kappa shape index (κ2) is 14.4. The number of nitrogens with zero attached hydrogens (tertiary/aromatic N) is 2. The number of halogens is 1. The number of aliphatic imine (C=N–C) groups is 1. The van der Waals surface area contributed by atoms with Gasteiger partial charge in [-0.15, -0.1) is 24.0 Å². The van der Waals surface area contributed by atoms with Crippen LogP contribution >= 0.6 is 24.0 Å². The molecular weight excluding hydrogens is 447 g/mol. The SMILES string of the molecule is CCNC(=NCC(CC(C)C)N1CCOCC1)NCC(C)C(=O)OC.I. The second-order valence-electron chi connectivity index (χ2n) is 6.96. The van der Waals surface area contributed by atoms with E-state index in [0.29, 0.717) is 18.5 Å². The molecule has 0 aromatic carbocycles. The third-order valence-corrected chi connectivity index (χ3v) is 4.29. The summed E-state index contributed by atoms with van der Waals surface area (Å²) in [5.74, 6) is 0.951. The predicted octanol–water partition coefficient (Wildman–Crippen LogP) is 1.72. The quantitative estimate of drug-likeness (QED) is 0.225. The summed E-state index contributed by atoms with van der Waals surface area (Å²) in [7, 11) is 1.41. The third kappa shape index (κ3) is 9.91. The highest BCUT2D eigenvalue weighted by atomic mass is 127. The van der Waals surface area contributed by atoms with Crippen LogP contribution in [0.2, 0.25) is 0 Å². The summed E-state index contributed by atoms with van der Waals surface area (Å²) in [6.07, 6.45) is 1.11. The van der Waals surface area contributed by atoms with Gasteiger partial charge in [0.2, 0.25) is 0 Å². The average molecular weight is 484 g/mol. The Bertz CT molecular complexity index is 415. The minimum Gasteiger partial charge on any atom is -0.469 e. The van der Waals surface area contributed by atoms with Crippen molar-refractivity contribution in [2.45, 2.75) is 40.2 Å². The zero-order valence-corrected chi connectivity index (χ0v) is 19.2. The Hall–Kier alpha value is -0.610. The molecule has 0 amide bonds. The molecule has 1 heterocycles. The zero-order valence-electron chi connectivity index (χ0n) is 16.9. The van der Waals surface area contributed by atoms with Crippen LogP contribution in [0.3, 0.4) is 0 Å². The summed E-state index contributed by atoms with van der Waals surface area (Å²) in [5, 5.41) is 6.49. The molecule has 8 heteroatoms. The second-order valence-corrected chi connectivity index (χ2v) is 6.96. The first kappa shape index (κ1) is 25.4. The van der Waals surface area contributed by atoms with Gasteiger partial charge in [0, 0.05) is 32.2 Å². The van der Waals surface area contributed by atoms with Crippen molar-refractivity contribution in [2.24, 2.45) is 16.8 Å². The van der Waals surface area contributed by atoms with E-state index in [1.54, 1.807) is 0 Å². The van der Waals surface area contributed by atoms with Crippen molar-refractivity contribution in [3.05, 3.63) is 0 Å². The van der Waals surface area contributed by atoms with Gasteiger partial charge in [-0.25, -0.2) is 0 Å². The molecular formula is C18H37IN4O3. The van der Waals surface area contributed by atoms with Crippen LogP contribution in [-0.4, -0.2) is 75.9 Å². The molecule has 26 heavy (non-hydrogen) atoms. The summed E-state index contributed by atoms with van der Waals surface area (Å²) in [6.45, 7) is 13.9. The lowest BCUT2D eigenvalue weighted by atomic mass is 10.0. The number of hydrogen-bond donors (Lipinski definition) is 2. The number of ether oxygens (including phenoxy) is 2. The highest BCUT2D eigenvalue weighted by Gasteiger charge is 2.22. The Balaban J connectivity index is 0.00000625. The largest absolute Gasteiger partial charge is 0.469 e. The van der Waals surface area contributed by atoms with Crippen molar-refractivity contribution < 1.29 is 14.3 Å². The van der Waals surface area contributed by atoms with E-state index in [4.69, 9.17) is 14.5 Å². The van der Waals surface area contributed by atoms with E-state index < -0.39 is 0 Å². The molecule has 1 rings (SSSR count). The van der Waals surface area contributed by atoms with E-state index in [0.717, 1.165) is 51.8 Å². The lowest BCUT2D eigenvalue weighted by Gasteiger charge is -2.34. The number of morpholine rings is 1. The molecule has 1 saturated heterocycles. The van der Waals surface area contributed by atoms with Crippen molar-refractivity contribution >= 4 is 35.9 Å². The van der Waals surface area contributed by atoms with Gasteiger partial charge in [-0.2, -0.15) is 0 Å². The van der Waals surface area contributed by atoms with E-state index in [2.05, 4.69) is 29.4 Å². The van der Waals surface area contributed by atoms with E-state index in [9.17, 15) is 4.79 Å². The Morgan fingerprint density at radius 1 is 1.23 bits per heavy atom. The standard InChI is InChI=1S/C18H36N4O3.HI/c1-6-19-18(20-12-15(4)17(23)24-5)21-13-16(11-14(2)3)22-7-9-25-10-8-22;/h14-16H,6-13H2,1-5H3,(H2,19,20,21);1H. The molecule has 0 aromatic heterocycles. The summed E-state index contributed by atoms with van der Waals surface area (Å²) < 4.78 is 10.2. The van der Waals surface area contributed by atoms with Gasteiger partial charge >= 0.3 is 5.97 Å². The van der Waals surface area contributed by atoms with Crippen LogP contribution in [0.4, 0.5) is 0 Å². The fraction of sp³-hybridized carbons (Fsp3) is 0.889. The van der Waals surface area contributed by atoms with Gasteiger partial charge in [-0.1, -0.05) is 20.8 Å². The molecule has 0 saturated carbocycles. The Labute approximate surface area is 175 Å². The first-order valence-electron chi connectivity index (χ1n) is 9.39. The monoisotopic (exact) mass is 484 g/mol. The van der Waals surface area contributed by atoms with Crippen molar-refractivity contribution in [1.29, 1.82) is 0 Å². The summed E-state index contributed by atoms with van der Waals surface area (Å²) in [6, 6.07) is 0.414. The molecule has 2 N–H and O–H groups in total. The Kier molecular flexibility index (Phi) is 14.1. The van der Waals surface area contributed by atoms with Gasteiger partial charge < -0.3 is 20.1 Å². The van der Waals surface area contributed by atoms with Gasteiger partial charge in [-0.3, -0.25) is 14.7 Å². The number of nitrogens with one attached hydrogen (secondary N) is 2. The van der Waals surface area contributed by atoms with Crippen LogP contribution in [0.1, 0.15) is 34.1 Å². The molecule has 1 aliphatic rings. The van der Waals surface area contributed by atoms with Gasteiger partial charge in [0.05, 0.1) is 32.8 Å². The number of methoxy groups -OCH3 is 1. The number of esters is 1. The lowest BCUT2D eigenvalue weighted by molar-refractivity contribution is -0.144. The molecule has 2 atom stereocenters. The first-order chi connectivity index (χ1) is 12.0. The topological polar surface area (TPSA) is 75.2 Å². The molecule has 0 radical (unpaired) electrons. The Morgan fingerprint density at radius 2 is 1.88 bits per heavy atom. The van der Waals surface area contributed by atoms with Crippen molar-refractivity contribution in [3.8, 4) is 0 Å². The predicted molar refractivity (Wildman–Crippen MR) is 116 cm³/mol.